The predicted octanol–water partition coefficient (Wildman–Crippen LogP) is 1.41. The molecule has 0 amide bonds. The Kier molecular flexibility index (Phi) is 3.95. The molecule has 0 aliphatic carbocycles. The van der Waals surface area contributed by atoms with E-state index in [1.54, 1.807) is 12.3 Å². The lowest BCUT2D eigenvalue weighted by molar-refractivity contribution is 0.181. The Morgan fingerprint density at radius 1 is 1.79 bits per heavy atom. The SMILES string of the molecule is C#CCO/N=C/c1ccnc(Br)c1N. The highest BCUT2D eigenvalue weighted by Gasteiger charge is 2.00. The first-order chi connectivity index (χ1) is 6.75. The predicted molar refractivity (Wildman–Crippen MR) is 58.7 cm³/mol. The van der Waals surface area contributed by atoms with E-state index in [9.17, 15) is 0 Å². The van der Waals surface area contributed by atoms with Crippen LogP contribution < -0.4 is 5.73 Å². The third-order valence-corrected chi connectivity index (χ3v) is 2.02. The van der Waals surface area contributed by atoms with Crippen molar-refractivity contribution >= 4 is 27.8 Å². The lowest BCUT2D eigenvalue weighted by atomic mass is 10.2. The lowest BCUT2D eigenvalue weighted by Gasteiger charge is -2.00. The maximum atomic E-state index is 5.70. The number of aromatic nitrogens is 1. The van der Waals surface area contributed by atoms with Crippen LogP contribution in [0.4, 0.5) is 5.69 Å². The minimum Gasteiger partial charge on any atom is -0.396 e. The molecule has 0 spiro atoms. The first-order valence-electron chi connectivity index (χ1n) is 3.74. The van der Waals surface area contributed by atoms with Gasteiger partial charge in [0.25, 0.3) is 0 Å². The molecule has 1 heterocycles. The van der Waals surface area contributed by atoms with Crippen molar-refractivity contribution in [3.05, 3.63) is 22.4 Å². The molecule has 0 radical (unpaired) electrons. The molecule has 0 unspecified atom stereocenters. The summed E-state index contributed by atoms with van der Waals surface area (Å²) in [6.45, 7) is 0.142. The standard InChI is InChI=1S/C9H8BrN3O/c1-2-5-14-13-6-7-3-4-12-9(10)8(7)11/h1,3-4,6H,5,11H2/b13-6+. The van der Waals surface area contributed by atoms with Crippen LogP contribution in [-0.4, -0.2) is 17.8 Å². The summed E-state index contributed by atoms with van der Waals surface area (Å²) >= 11 is 3.20. The van der Waals surface area contributed by atoms with Gasteiger partial charge in [0.2, 0.25) is 0 Å². The minimum atomic E-state index is 0.142. The maximum Gasteiger partial charge on any atom is 0.177 e. The van der Waals surface area contributed by atoms with Gasteiger partial charge in [-0.3, -0.25) is 0 Å². The molecule has 0 aliphatic heterocycles. The zero-order valence-corrected chi connectivity index (χ0v) is 8.86. The molecule has 0 aromatic carbocycles. The molecule has 0 atom stereocenters. The van der Waals surface area contributed by atoms with Crippen LogP contribution in [0.15, 0.2) is 22.0 Å². The molecule has 1 aromatic heterocycles. The summed E-state index contributed by atoms with van der Waals surface area (Å²) < 4.78 is 0.582. The van der Waals surface area contributed by atoms with E-state index >= 15 is 0 Å². The molecule has 4 nitrogen and oxygen atoms in total. The van der Waals surface area contributed by atoms with Gasteiger partial charge in [0.1, 0.15) is 4.60 Å². The number of nitrogens with two attached hydrogens (primary N) is 1. The highest BCUT2D eigenvalue weighted by molar-refractivity contribution is 9.10. The molecule has 1 rings (SSSR count). The maximum absolute atomic E-state index is 5.70. The van der Waals surface area contributed by atoms with Crippen LogP contribution in [0.1, 0.15) is 5.56 Å². The number of hydrogen-bond donors (Lipinski definition) is 1. The molecule has 0 saturated heterocycles. The summed E-state index contributed by atoms with van der Waals surface area (Å²) in [4.78, 5) is 8.66. The Morgan fingerprint density at radius 3 is 3.29 bits per heavy atom. The Morgan fingerprint density at radius 2 is 2.57 bits per heavy atom. The van der Waals surface area contributed by atoms with Crippen molar-refractivity contribution in [3.63, 3.8) is 0 Å². The molecule has 0 aliphatic rings. The summed E-state index contributed by atoms with van der Waals surface area (Å²) in [5.74, 6) is 2.29. The second-order valence-electron chi connectivity index (χ2n) is 2.32. The zero-order valence-electron chi connectivity index (χ0n) is 7.27. The molecule has 0 bridgehead atoms. The summed E-state index contributed by atoms with van der Waals surface area (Å²) in [7, 11) is 0. The topological polar surface area (TPSA) is 60.5 Å². The number of rotatable bonds is 3. The van der Waals surface area contributed by atoms with Crippen LogP contribution in [0.5, 0.6) is 0 Å². The number of anilines is 1. The van der Waals surface area contributed by atoms with Gasteiger partial charge < -0.3 is 10.6 Å². The van der Waals surface area contributed by atoms with E-state index in [0.29, 0.717) is 10.3 Å². The van der Waals surface area contributed by atoms with E-state index in [1.165, 1.54) is 6.21 Å². The van der Waals surface area contributed by atoms with E-state index in [2.05, 4.69) is 32.0 Å². The fraction of sp³-hybridized carbons (Fsp3) is 0.111. The van der Waals surface area contributed by atoms with Crippen LogP contribution >= 0.6 is 15.9 Å². The van der Waals surface area contributed by atoms with Gasteiger partial charge in [0.15, 0.2) is 6.61 Å². The average Bonchev–Trinajstić information content (AvgIpc) is 2.19. The average molecular weight is 254 g/mol. The molecular formula is C9H8BrN3O. The Labute approximate surface area is 90.3 Å². The Hall–Kier alpha value is -1.54. The first-order valence-corrected chi connectivity index (χ1v) is 4.53. The van der Waals surface area contributed by atoms with E-state index < -0.39 is 0 Å². The second-order valence-corrected chi connectivity index (χ2v) is 3.07. The molecule has 1 aromatic rings. The van der Waals surface area contributed by atoms with Crippen molar-refractivity contribution in [2.75, 3.05) is 12.3 Å². The van der Waals surface area contributed by atoms with Crippen molar-refractivity contribution < 1.29 is 4.84 Å². The number of nitrogens with zero attached hydrogens (tertiary/aromatic N) is 2. The van der Waals surface area contributed by atoms with E-state index in [0.717, 1.165) is 5.56 Å². The van der Waals surface area contributed by atoms with E-state index in [4.69, 9.17) is 17.0 Å². The number of hydrogen-bond acceptors (Lipinski definition) is 4. The van der Waals surface area contributed by atoms with Crippen molar-refractivity contribution in [3.8, 4) is 12.3 Å². The molecule has 0 fully saturated rings. The van der Waals surface area contributed by atoms with Crippen LogP contribution in [0.25, 0.3) is 0 Å². The van der Waals surface area contributed by atoms with E-state index in [-0.39, 0.29) is 6.61 Å². The summed E-state index contributed by atoms with van der Waals surface area (Å²) in [6, 6.07) is 1.73. The number of halogens is 1. The molecule has 72 valence electrons. The lowest BCUT2D eigenvalue weighted by Crippen LogP contribution is -1.96. The van der Waals surface area contributed by atoms with Gasteiger partial charge in [0, 0.05) is 11.8 Å². The second kappa shape index (κ2) is 5.25. The molecule has 14 heavy (non-hydrogen) atoms. The number of nitrogen functional groups attached to an aromatic ring is 1. The highest BCUT2D eigenvalue weighted by Crippen LogP contribution is 2.18. The van der Waals surface area contributed by atoms with Crippen LogP contribution in [-0.2, 0) is 4.84 Å². The summed E-state index contributed by atoms with van der Waals surface area (Å²) in [5.41, 5.74) is 6.94. The fourth-order valence-electron chi connectivity index (χ4n) is 0.743. The van der Waals surface area contributed by atoms with E-state index in [1.807, 2.05) is 0 Å². The van der Waals surface area contributed by atoms with Gasteiger partial charge >= 0.3 is 0 Å². The van der Waals surface area contributed by atoms with Gasteiger partial charge in [-0.1, -0.05) is 11.1 Å². The summed E-state index contributed by atoms with van der Waals surface area (Å²) in [5, 5.41) is 3.64. The summed E-state index contributed by atoms with van der Waals surface area (Å²) in [6.07, 6.45) is 8.07. The van der Waals surface area contributed by atoms with Gasteiger partial charge in [-0.05, 0) is 22.0 Å². The largest absolute Gasteiger partial charge is 0.396 e. The third-order valence-electron chi connectivity index (χ3n) is 1.39. The van der Waals surface area contributed by atoms with Crippen molar-refractivity contribution in [1.82, 2.24) is 4.98 Å². The molecular weight excluding hydrogens is 246 g/mol. The van der Waals surface area contributed by atoms with Gasteiger partial charge in [-0.2, -0.15) is 0 Å². The normalized spacial score (nSPS) is 10.0. The van der Waals surface area contributed by atoms with Gasteiger partial charge in [0.05, 0.1) is 11.9 Å². The minimum absolute atomic E-state index is 0.142. The number of oxime groups is 1. The van der Waals surface area contributed by atoms with Gasteiger partial charge in [-0.15, -0.1) is 6.42 Å². The van der Waals surface area contributed by atoms with Crippen molar-refractivity contribution in [2.45, 2.75) is 0 Å². The molecule has 0 saturated carbocycles. The number of terminal acetylenes is 1. The van der Waals surface area contributed by atoms with Crippen LogP contribution in [0.3, 0.4) is 0 Å². The Balaban J connectivity index is 2.73. The van der Waals surface area contributed by atoms with Gasteiger partial charge in [-0.25, -0.2) is 4.98 Å². The quantitative estimate of drug-likeness (QED) is 0.291. The highest BCUT2D eigenvalue weighted by atomic mass is 79.9. The van der Waals surface area contributed by atoms with Crippen molar-refractivity contribution in [2.24, 2.45) is 5.16 Å². The monoisotopic (exact) mass is 253 g/mol. The zero-order chi connectivity index (χ0) is 10.4. The smallest absolute Gasteiger partial charge is 0.177 e. The first kappa shape index (κ1) is 10.5. The van der Waals surface area contributed by atoms with Crippen LogP contribution in [0.2, 0.25) is 0 Å². The number of pyridine rings is 1. The third kappa shape index (κ3) is 2.75. The Bertz CT molecular complexity index is 384. The fourth-order valence-corrected chi connectivity index (χ4v) is 1.09. The van der Waals surface area contributed by atoms with Crippen LogP contribution in [0, 0.1) is 12.3 Å². The molecule has 2 N–H and O–H groups in total. The molecule has 5 heteroatoms. The van der Waals surface area contributed by atoms with Crippen molar-refractivity contribution in [1.29, 1.82) is 0 Å².